The van der Waals surface area contributed by atoms with Gasteiger partial charge in [0.25, 0.3) is 0 Å². The van der Waals surface area contributed by atoms with E-state index in [4.69, 9.17) is 9.84 Å². The van der Waals surface area contributed by atoms with Gasteiger partial charge in [-0.15, -0.1) is 0 Å². The smallest absolute Gasteiger partial charge is 0.328 e. The molecule has 0 aromatic heterocycles. The van der Waals surface area contributed by atoms with E-state index in [9.17, 15) is 15.0 Å². The molecule has 1 rings (SSSR count). The summed E-state index contributed by atoms with van der Waals surface area (Å²) < 4.78 is 4.88. The zero-order valence-corrected chi connectivity index (χ0v) is 8.17. The van der Waals surface area contributed by atoms with Crippen LogP contribution in [0.25, 0.3) is 0 Å². The Morgan fingerprint density at radius 1 is 1.60 bits per heavy atom. The van der Waals surface area contributed by atoms with E-state index in [1.54, 1.807) is 0 Å². The molecule has 1 atom stereocenters. The number of carbonyl (C=O) groups is 1. The number of methoxy groups -OCH3 is 1. The Balaban J connectivity index is 2.82. The molecule has 5 nitrogen and oxygen atoms in total. The molecule has 0 amide bonds. The summed E-state index contributed by atoms with van der Waals surface area (Å²) >= 11 is 0. The largest absolute Gasteiger partial charge is 0.512 e. The summed E-state index contributed by atoms with van der Waals surface area (Å²) in [6.07, 6.45) is 3.69. The first-order chi connectivity index (χ1) is 7.04. The molecule has 3 N–H and O–H groups in total. The highest BCUT2D eigenvalue weighted by Crippen LogP contribution is 2.28. The highest BCUT2D eigenvalue weighted by Gasteiger charge is 2.21. The molecule has 0 aromatic rings. The fraction of sp³-hybridized carbons (Fsp3) is 0.300. The second-order valence-corrected chi connectivity index (χ2v) is 3.09. The minimum Gasteiger partial charge on any atom is -0.512 e. The van der Waals surface area contributed by atoms with Crippen molar-refractivity contribution in [2.45, 2.75) is 6.42 Å². The molecule has 0 aromatic carbocycles. The van der Waals surface area contributed by atoms with Crippen LogP contribution in [0.15, 0.2) is 35.5 Å². The number of aliphatic carboxylic acids is 1. The van der Waals surface area contributed by atoms with Crippen LogP contribution in [0.1, 0.15) is 6.42 Å². The number of aliphatic hydroxyl groups excluding tert-OH is 2. The molecule has 0 saturated carbocycles. The van der Waals surface area contributed by atoms with Crippen molar-refractivity contribution in [2.75, 3.05) is 7.11 Å². The Morgan fingerprint density at radius 3 is 2.80 bits per heavy atom. The van der Waals surface area contributed by atoms with Crippen molar-refractivity contribution in [2.24, 2.45) is 5.92 Å². The van der Waals surface area contributed by atoms with Crippen LogP contribution >= 0.6 is 0 Å². The first-order valence-electron chi connectivity index (χ1n) is 4.32. The van der Waals surface area contributed by atoms with Gasteiger partial charge in [0.15, 0.2) is 5.76 Å². The van der Waals surface area contributed by atoms with Gasteiger partial charge < -0.3 is 20.1 Å². The van der Waals surface area contributed by atoms with E-state index in [1.807, 2.05) is 0 Å². The van der Waals surface area contributed by atoms with E-state index < -0.39 is 11.9 Å². The lowest BCUT2D eigenvalue weighted by molar-refractivity contribution is -0.131. The summed E-state index contributed by atoms with van der Waals surface area (Å²) in [6.45, 7) is 0. The molecule has 0 aliphatic heterocycles. The van der Waals surface area contributed by atoms with Gasteiger partial charge >= 0.3 is 5.97 Å². The third-order valence-electron chi connectivity index (χ3n) is 2.07. The normalized spacial score (nSPS) is 21.7. The third kappa shape index (κ3) is 2.77. The van der Waals surface area contributed by atoms with Crippen LogP contribution in [0.3, 0.4) is 0 Å². The van der Waals surface area contributed by atoms with Crippen molar-refractivity contribution < 1.29 is 24.9 Å². The standard InChI is InChI=1S/C10H12O5/c1-15-9-4-6(2-3-10(13)14)7(11)5-8(9)12/h2-3,5-6,11-12H,4H2,1H3,(H,13,14). The van der Waals surface area contributed by atoms with Gasteiger partial charge in [0.2, 0.25) is 0 Å². The third-order valence-corrected chi connectivity index (χ3v) is 2.07. The van der Waals surface area contributed by atoms with Crippen LogP contribution in [0.5, 0.6) is 0 Å². The van der Waals surface area contributed by atoms with Crippen molar-refractivity contribution in [3.05, 3.63) is 35.5 Å². The lowest BCUT2D eigenvalue weighted by atomic mass is 9.96. The molecule has 5 heteroatoms. The Labute approximate surface area is 86.6 Å². The van der Waals surface area contributed by atoms with E-state index >= 15 is 0 Å². The zero-order chi connectivity index (χ0) is 11.4. The van der Waals surface area contributed by atoms with Crippen molar-refractivity contribution in [1.29, 1.82) is 0 Å². The summed E-state index contributed by atoms with van der Waals surface area (Å²) in [4.78, 5) is 10.3. The van der Waals surface area contributed by atoms with Gasteiger partial charge in [-0.3, -0.25) is 0 Å². The Kier molecular flexibility index (Phi) is 3.38. The molecule has 0 radical (unpaired) electrons. The number of carboxylic acid groups (broad SMARTS) is 1. The number of ether oxygens (including phenoxy) is 1. The second kappa shape index (κ2) is 4.54. The summed E-state index contributed by atoms with van der Waals surface area (Å²) in [5, 5.41) is 27.2. The second-order valence-electron chi connectivity index (χ2n) is 3.09. The summed E-state index contributed by atoms with van der Waals surface area (Å²) in [5.41, 5.74) is 0. The van der Waals surface area contributed by atoms with Crippen LogP contribution in [0.4, 0.5) is 0 Å². The topological polar surface area (TPSA) is 87.0 Å². The quantitative estimate of drug-likeness (QED) is 0.617. The summed E-state index contributed by atoms with van der Waals surface area (Å²) in [5.74, 6) is -1.43. The fourth-order valence-corrected chi connectivity index (χ4v) is 1.29. The lowest BCUT2D eigenvalue weighted by Crippen LogP contribution is -2.11. The van der Waals surface area contributed by atoms with Crippen LogP contribution in [-0.4, -0.2) is 28.4 Å². The van der Waals surface area contributed by atoms with E-state index in [0.29, 0.717) is 5.76 Å². The van der Waals surface area contributed by atoms with Gasteiger partial charge in [0.1, 0.15) is 11.5 Å². The molecule has 0 saturated heterocycles. The number of hydrogen-bond acceptors (Lipinski definition) is 4. The molecule has 0 bridgehead atoms. The average molecular weight is 212 g/mol. The monoisotopic (exact) mass is 212 g/mol. The van der Waals surface area contributed by atoms with Crippen LogP contribution in [0, 0.1) is 5.92 Å². The maximum Gasteiger partial charge on any atom is 0.328 e. The molecule has 15 heavy (non-hydrogen) atoms. The average Bonchev–Trinajstić information content (AvgIpc) is 2.16. The maximum atomic E-state index is 10.3. The Morgan fingerprint density at radius 2 is 2.27 bits per heavy atom. The molecule has 0 fully saturated rings. The van der Waals surface area contributed by atoms with Gasteiger partial charge in [-0.1, -0.05) is 6.08 Å². The minimum absolute atomic E-state index is 0.0780. The van der Waals surface area contributed by atoms with Crippen molar-refractivity contribution in [3.8, 4) is 0 Å². The molecular formula is C10H12O5. The van der Waals surface area contributed by atoms with Gasteiger partial charge in [0.05, 0.1) is 7.11 Å². The van der Waals surface area contributed by atoms with Gasteiger partial charge in [-0.2, -0.15) is 0 Å². The molecule has 0 spiro atoms. The number of allylic oxidation sites excluding steroid dienone is 3. The highest BCUT2D eigenvalue weighted by atomic mass is 16.5. The van der Waals surface area contributed by atoms with Crippen LogP contribution in [0.2, 0.25) is 0 Å². The van der Waals surface area contributed by atoms with E-state index in [1.165, 1.54) is 13.2 Å². The lowest BCUT2D eigenvalue weighted by Gasteiger charge is -2.19. The number of aliphatic hydroxyl groups is 2. The number of carboxylic acids is 1. The van der Waals surface area contributed by atoms with Crippen molar-refractivity contribution in [1.82, 2.24) is 0 Å². The predicted molar refractivity (Wildman–Crippen MR) is 52.3 cm³/mol. The highest BCUT2D eigenvalue weighted by molar-refractivity contribution is 5.79. The molecule has 1 unspecified atom stereocenters. The van der Waals surface area contributed by atoms with Crippen LogP contribution in [-0.2, 0) is 9.53 Å². The maximum absolute atomic E-state index is 10.3. The molecule has 1 aliphatic carbocycles. The zero-order valence-electron chi connectivity index (χ0n) is 8.17. The fourth-order valence-electron chi connectivity index (χ4n) is 1.29. The van der Waals surface area contributed by atoms with Gasteiger partial charge in [-0.05, 0) is 0 Å². The number of rotatable bonds is 3. The Bertz CT molecular complexity index is 351. The summed E-state index contributed by atoms with van der Waals surface area (Å²) in [6, 6.07) is 0. The van der Waals surface area contributed by atoms with Gasteiger partial charge in [-0.25, -0.2) is 4.79 Å². The SMILES string of the molecule is COC1=C(O)C=C(O)C(C=CC(=O)O)C1. The van der Waals surface area contributed by atoms with E-state index in [0.717, 1.165) is 12.2 Å². The van der Waals surface area contributed by atoms with E-state index in [-0.39, 0.29) is 17.9 Å². The van der Waals surface area contributed by atoms with Gasteiger partial charge in [0, 0.05) is 24.5 Å². The molecular weight excluding hydrogens is 200 g/mol. The molecule has 82 valence electrons. The predicted octanol–water partition coefficient (Wildman–Crippen LogP) is 1.50. The first kappa shape index (κ1) is 11.2. The first-order valence-corrected chi connectivity index (χ1v) is 4.32. The minimum atomic E-state index is -1.08. The van der Waals surface area contributed by atoms with Crippen molar-refractivity contribution >= 4 is 5.97 Å². The number of hydrogen-bond donors (Lipinski definition) is 3. The van der Waals surface area contributed by atoms with Crippen molar-refractivity contribution in [3.63, 3.8) is 0 Å². The molecule has 0 heterocycles. The van der Waals surface area contributed by atoms with E-state index in [2.05, 4.69) is 0 Å². The summed E-state index contributed by atoms with van der Waals surface area (Å²) in [7, 11) is 1.40. The Hall–Kier alpha value is -1.91. The molecule has 1 aliphatic rings. The van der Waals surface area contributed by atoms with Crippen LogP contribution < -0.4 is 0 Å².